The Morgan fingerprint density at radius 1 is 1.27 bits per heavy atom. The molecular weight excluding hydrogens is 540 g/mol. The van der Waals surface area contributed by atoms with Crippen LogP contribution in [0.1, 0.15) is 29.3 Å². The molecule has 4 rings (SSSR count). The van der Waals surface area contributed by atoms with Crippen LogP contribution in [0.3, 0.4) is 0 Å². The summed E-state index contributed by atoms with van der Waals surface area (Å²) in [7, 11) is 0.105. The van der Waals surface area contributed by atoms with Gasteiger partial charge in [0, 0.05) is 24.4 Å². The van der Waals surface area contributed by atoms with Crippen molar-refractivity contribution in [3.05, 3.63) is 47.8 Å². The second-order valence-electron chi connectivity index (χ2n) is 10.1. The van der Waals surface area contributed by atoms with Crippen molar-refractivity contribution in [1.29, 1.82) is 0 Å². The van der Waals surface area contributed by atoms with Crippen LogP contribution in [0.5, 0.6) is 5.75 Å². The van der Waals surface area contributed by atoms with Gasteiger partial charge in [0.2, 0.25) is 0 Å². The summed E-state index contributed by atoms with van der Waals surface area (Å²) in [6.07, 6.45) is 0.646. The quantitative estimate of drug-likeness (QED) is 0.399. The number of amides is 1. The van der Waals surface area contributed by atoms with E-state index in [1.807, 2.05) is 7.05 Å². The van der Waals surface area contributed by atoms with E-state index in [9.17, 15) is 22.0 Å². The van der Waals surface area contributed by atoms with Crippen LogP contribution in [0.4, 0.5) is 14.5 Å². The number of nitrogens with zero attached hydrogens (tertiary/aromatic N) is 3. The molecule has 2 N–H and O–H groups in total. The molecule has 0 bridgehead atoms. The number of anilines is 1. The molecule has 0 unspecified atom stereocenters. The number of halogens is 2. The fraction of sp³-hybridized carbons (Fsp3) is 0.429. The topological polar surface area (TPSA) is 106 Å². The third kappa shape index (κ3) is 6.89. The summed E-state index contributed by atoms with van der Waals surface area (Å²) in [6.45, 7) is 3.39. The van der Waals surface area contributed by atoms with Crippen molar-refractivity contribution < 1.29 is 26.7 Å². The van der Waals surface area contributed by atoms with E-state index >= 15 is 0 Å². The lowest BCUT2D eigenvalue weighted by Crippen LogP contribution is -2.48. The number of sulfone groups is 1. The first-order chi connectivity index (χ1) is 19.0. The van der Waals surface area contributed by atoms with Crippen molar-refractivity contribution >= 4 is 32.5 Å². The van der Waals surface area contributed by atoms with Crippen LogP contribution in [-0.2, 0) is 16.4 Å². The lowest BCUT2D eigenvalue weighted by atomic mass is 9.93. The number of aromatic nitrogens is 2. The SMILES string of the molecule is COc1ccc(S(C)(=O)=O)cc1NCC#Cc1cc(C(=O)N[C@H]2CCN(C)C[C@@H]2C)c2ncn(CC(F)F)c2c1. The van der Waals surface area contributed by atoms with Crippen LogP contribution in [0.25, 0.3) is 11.0 Å². The number of rotatable bonds is 8. The zero-order chi connectivity index (χ0) is 29.0. The summed E-state index contributed by atoms with van der Waals surface area (Å²) in [6, 6.07) is 7.73. The highest BCUT2D eigenvalue weighted by atomic mass is 32.2. The molecule has 1 aromatic heterocycles. The van der Waals surface area contributed by atoms with Gasteiger partial charge in [-0.3, -0.25) is 4.79 Å². The van der Waals surface area contributed by atoms with E-state index in [2.05, 4.69) is 39.3 Å². The molecule has 1 fully saturated rings. The molecule has 0 spiro atoms. The van der Waals surface area contributed by atoms with Crippen LogP contribution in [0, 0.1) is 17.8 Å². The molecule has 2 aromatic carbocycles. The molecule has 2 atom stereocenters. The highest BCUT2D eigenvalue weighted by molar-refractivity contribution is 7.90. The van der Waals surface area contributed by atoms with Gasteiger partial charge in [-0.25, -0.2) is 22.2 Å². The van der Waals surface area contributed by atoms with Gasteiger partial charge in [-0.2, -0.15) is 0 Å². The minimum atomic E-state index is -3.42. The van der Waals surface area contributed by atoms with E-state index in [4.69, 9.17) is 4.74 Å². The summed E-state index contributed by atoms with van der Waals surface area (Å²) in [5, 5.41) is 6.16. The third-order valence-corrected chi connectivity index (χ3v) is 8.04. The van der Waals surface area contributed by atoms with Gasteiger partial charge in [0.15, 0.2) is 9.84 Å². The van der Waals surface area contributed by atoms with Gasteiger partial charge in [0.25, 0.3) is 12.3 Å². The van der Waals surface area contributed by atoms with Gasteiger partial charge in [-0.1, -0.05) is 18.8 Å². The fourth-order valence-electron chi connectivity index (χ4n) is 4.86. The minimum absolute atomic E-state index is 0.0153. The highest BCUT2D eigenvalue weighted by Gasteiger charge is 2.27. The highest BCUT2D eigenvalue weighted by Crippen LogP contribution is 2.27. The number of fused-ring (bicyclic) bond motifs is 1. The number of methoxy groups -OCH3 is 1. The Morgan fingerprint density at radius 2 is 2.05 bits per heavy atom. The van der Waals surface area contributed by atoms with Gasteiger partial charge in [0.05, 0.1) is 48.2 Å². The maximum atomic E-state index is 13.4. The first kappa shape index (κ1) is 29.3. The summed E-state index contributed by atoms with van der Waals surface area (Å²) >= 11 is 0. The number of carbonyl (C=O) groups excluding carboxylic acids is 1. The standard InChI is InChI=1S/C28H33F2N5O4S/c1-18-15-34(2)11-9-22(18)33-28(36)21-12-19(13-24-27(21)32-17-35(24)16-26(29)30)6-5-10-31-23-14-20(40(4,37)38)7-8-25(23)39-3/h7-8,12-14,17-18,22,26,31H,9-11,15-16H2,1-4H3,(H,33,36)/t18-,22-/m0/s1. The second kappa shape index (κ2) is 12.2. The van der Waals surface area contributed by atoms with E-state index < -0.39 is 22.8 Å². The van der Waals surface area contributed by atoms with Crippen LogP contribution < -0.4 is 15.4 Å². The van der Waals surface area contributed by atoms with E-state index in [-0.39, 0.29) is 34.9 Å². The third-order valence-electron chi connectivity index (χ3n) is 6.93. The molecule has 1 saturated heterocycles. The molecule has 2 heterocycles. The number of likely N-dealkylation sites (tertiary alicyclic amines) is 1. The van der Waals surface area contributed by atoms with Crippen LogP contribution in [-0.4, -0.2) is 81.3 Å². The Morgan fingerprint density at radius 3 is 2.73 bits per heavy atom. The Bertz CT molecular complexity index is 1560. The van der Waals surface area contributed by atoms with Gasteiger partial charge in [-0.05, 0) is 56.3 Å². The van der Waals surface area contributed by atoms with Gasteiger partial charge in [-0.15, -0.1) is 0 Å². The summed E-state index contributed by atoms with van der Waals surface area (Å²) in [4.78, 5) is 20.0. The number of imidazole rings is 1. The molecule has 12 heteroatoms. The molecule has 1 aliphatic heterocycles. The van der Waals surface area contributed by atoms with Crippen molar-refractivity contribution in [2.45, 2.75) is 37.3 Å². The van der Waals surface area contributed by atoms with E-state index in [0.717, 1.165) is 25.8 Å². The zero-order valence-electron chi connectivity index (χ0n) is 22.9. The van der Waals surface area contributed by atoms with Gasteiger partial charge < -0.3 is 24.8 Å². The van der Waals surface area contributed by atoms with Crippen molar-refractivity contribution in [2.24, 2.45) is 5.92 Å². The Kier molecular flexibility index (Phi) is 8.95. The first-order valence-electron chi connectivity index (χ1n) is 12.8. The van der Waals surface area contributed by atoms with Crippen LogP contribution in [0.15, 0.2) is 41.6 Å². The summed E-state index contributed by atoms with van der Waals surface area (Å²) < 4.78 is 57.0. The van der Waals surface area contributed by atoms with Crippen LogP contribution in [0.2, 0.25) is 0 Å². The molecule has 0 saturated carbocycles. The second-order valence-corrected chi connectivity index (χ2v) is 12.1. The molecule has 1 amide bonds. The molecule has 214 valence electrons. The van der Waals surface area contributed by atoms with Gasteiger partial charge >= 0.3 is 0 Å². The minimum Gasteiger partial charge on any atom is -0.495 e. The number of alkyl halides is 2. The Labute approximate surface area is 232 Å². The summed E-state index contributed by atoms with van der Waals surface area (Å²) in [5.74, 6) is 6.32. The lowest BCUT2D eigenvalue weighted by molar-refractivity contribution is 0.0885. The molecule has 3 aromatic rings. The maximum Gasteiger partial charge on any atom is 0.256 e. The Hall–Kier alpha value is -3.69. The van der Waals surface area contributed by atoms with Crippen molar-refractivity contribution in [3.8, 4) is 17.6 Å². The number of hydrogen-bond acceptors (Lipinski definition) is 7. The molecule has 40 heavy (non-hydrogen) atoms. The number of piperidine rings is 1. The van der Waals surface area contributed by atoms with E-state index in [0.29, 0.717) is 28.0 Å². The Balaban J connectivity index is 1.61. The maximum absolute atomic E-state index is 13.4. The number of hydrogen-bond donors (Lipinski definition) is 2. The van der Waals surface area contributed by atoms with E-state index in [1.54, 1.807) is 18.2 Å². The summed E-state index contributed by atoms with van der Waals surface area (Å²) in [5.41, 5.74) is 1.92. The predicted octanol–water partition coefficient (Wildman–Crippen LogP) is 3.25. The normalized spacial score (nSPS) is 17.9. The van der Waals surface area contributed by atoms with Crippen molar-refractivity contribution in [1.82, 2.24) is 19.8 Å². The molecule has 0 aliphatic carbocycles. The van der Waals surface area contributed by atoms with Crippen molar-refractivity contribution in [3.63, 3.8) is 0 Å². The van der Waals surface area contributed by atoms with Crippen molar-refractivity contribution in [2.75, 3.05) is 45.4 Å². The number of carbonyl (C=O) groups is 1. The number of nitrogens with one attached hydrogen (secondary N) is 2. The largest absolute Gasteiger partial charge is 0.495 e. The number of ether oxygens (including phenoxy) is 1. The number of benzene rings is 2. The fourth-order valence-corrected chi connectivity index (χ4v) is 5.51. The zero-order valence-corrected chi connectivity index (χ0v) is 23.7. The average molecular weight is 574 g/mol. The smallest absolute Gasteiger partial charge is 0.256 e. The monoisotopic (exact) mass is 573 g/mol. The molecular formula is C28H33F2N5O4S. The lowest BCUT2D eigenvalue weighted by Gasteiger charge is -2.35. The van der Waals surface area contributed by atoms with E-state index in [1.165, 1.54) is 30.1 Å². The first-order valence-corrected chi connectivity index (χ1v) is 14.7. The molecule has 1 aliphatic rings. The molecule has 9 nitrogen and oxygen atoms in total. The van der Waals surface area contributed by atoms with Crippen LogP contribution >= 0.6 is 0 Å². The average Bonchev–Trinajstić information content (AvgIpc) is 3.28. The van der Waals surface area contributed by atoms with Gasteiger partial charge in [0.1, 0.15) is 11.3 Å². The predicted molar refractivity (Wildman–Crippen MR) is 150 cm³/mol. The molecule has 0 radical (unpaired) electrons.